The molecule has 174 valence electrons. The normalized spacial score (nSPS) is 19.8. The van der Waals surface area contributed by atoms with Crippen LogP contribution in [-0.2, 0) is 9.59 Å². The predicted octanol–water partition coefficient (Wildman–Crippen LogP) is 7.23. The predicted molar refractivity (Wildman–Crippen MR) is 139 cm³/mol. The summed E-state index contributed by atoms with van der Waals surface area (Å²) >= 11 is 1.61. The van der Waals surface area contributed by atoms with Crippen molar-refractivity contribution in [2.45, 2.75) is 57.4 Å². The lowest BCUT2D eigenvalue weighted by atomic mass is 9.79. The number of anilines is 2. The number of para-hydroxylation sites is 2. The molecule has 1 amide bonds. The van der Waals surface area contributed by atoms with Gasteiger partial charge in [0.25, 0.3) is 0 Å². The standard InChI is InChI=1S/C29H30N2O2S/c1-2-3-5-16-27(33)31-24-14-9-8-13-22(24)30-23-18-21(20-11-6-4-7-12-20)19-25(32)28(23)29(31)26-15-10-17-34-26/h4,6-15,17,21,29-30H,2-3,5,16,18-19H2,1H3. The summed E-state index contributed by atoms with van der Waals surface area (Å²) in [5.74, 6) is 0.330. The number of carbonyl (C=O) groups is 2. The van der Waals surface area contributed by atoms with Crippen LogP contribution in [0.5, 0.6) is 0 Å². The summed E-state index contributed by atoms with van der Waals surface area (Å²) in [6, 6.07) is 21.9. The molecule has 0 fully saturated rings. The highest BCUT2D eigenvalue weighted by atomic mass is 32.1. The molecule has 3 aromatic rings. The zero-order valence-electron chi connectivity index (χ0n) is 19.5. The third-order valence-electron chi connectivity index (χ3n) is 6.84. The molecule has 1 aliphatic heterocycles. The second-order valence-electron chi connectivity index (χ2n) is 9.11. The maximum Gasteiger partial charge on any atom is 0.227 e. The second-order valence-corrected chi connectivity index (χ2v) is 10.1. The Kier molecular flexibility index (Phi) is 6.63. The number of hydrogen-bond donors (Lipinski definition) is 1. The zero-order chi connectivity index (χ0) is 23.5. The number of fused-ring (bicyclic) bond motifs is 1. The summed E-state index contributed by atoms with van der Waals surface area (Å²) < 4.78 is 0. The Hall–Kier alpha value is -3.18. The first-order chi connectivity index (χ1) is 16.7. The van der Waals surface area contributed by atoms with E-state index < -0.39 is 6.04 Å². The summed E-state index contributed by atoms with van der Waals surface area (Å²) in [6.07, 6.45) is 4.63. The molecule has 34 heavy (non-hydrogen) atoms. The van der Waals surface area contributed by atoms with Crippen LogP contribution in [0.4, 0.5) is 11.4 Å². The largest absolute Gasteiger partial charge is 0.357 e. The van der Waals surface area contributed by atoms with Crippen LogP contribution in [0, 0.1) is 0 Å². The molecule has 4 nitrogen and oxygen atoms in total. The van der Waals surface area contributed by atoms with Crippen molar-refractivity contribution in [1.29, 1.82) is 0 Å². The van der Waals surface area contributed by atoms with Gasteiger partial charge in [-0.25, -0.2) is 0 Å². The van der Waals surface area contributed by atoms with Crippen LogP contribution in [0.3, 0.4) is 0 Å². The number of ketones is 1. The van der Waals surface area contributed by atoms with Crippen LogP contribution in [0.1, 0.15) is 67.8 Å². The summed E-state index contributed by atoms with van der Waals surface area (Å²) in [4.78, 5) is 30.5. The SMILES string of the molecule is CCCCCC(=O)N1c2ccccc2NC2=C(C(=O)CC(c3ccccc3)C2)C1c1cccs1. The second kappa shape index (κ2) is 9.98. The molecule has 5 heteroatoms. The van der Waals surface area contributed by atoms with Crippen molar-refractivity contribution < 1.29 is 9.59 Å². The van der Waals surface area contributed by atoms with Gasteiger partial charge in [-0.2, -0.15) is 0 Å². The van der Waals surface area contributed by atoms with Gasteiger partial charge in [0.15, 0.2) is 5.78 Å². The molecule has 2 aliphatic rings. The van der Waals surface area contributed by atoms with Gasteiger partial charge in [-0.05, 0) is 47.9 Å². The molecular weight excluding hydrogens is 440 g/mol. The van der Waals surface area contributed by atoms with Crippen molar-refractivity contribution in [2.75, 3.05) is 10.2 Å². The number of carbonyl (C=O) groups excluding carboxylic acids is 2. The van der Waals surface area contributed by atoms with Crippen LogP contribution in [-0.4, -0.2) is 11.7 Å². The molecule has 2 heterocycles. The Labute approximate surface area is 205 Å². The Morgan fingerprint density at radius 2 is 1.79 bits per heavy atom. The molecule has 1 aromatic heterocycles. The highest BCUT2D eigenvalue weighted by Crippen LogP contribution is 2.48. The fourth-order valence-electron chi connectivity index (χ4n) is 5.19. The van der Waals surface area contributed by atoms with E-state index in [4.69, 9.17) is 0 Å². The van der Waals surface area contributed by atoms with E-state index in [-0.39, 0.29) is 17.6 Å². The highest BCUT2D eigenvalue weighted by molar-refractivity contribution is 7.10. The molecule has 2 unspecified atom stereocenters. The van der Waals surface area contributed by atoms with Crippen molar-refractivity contribution in [3.05, 3.63) is 93.8 Å². The molecule has 0 saturated heterocycles. The van der Waals surface area contributed by atoms with Gasteiger partial charge in [-0.1, -0.05) is 68.3 Å². The zero-order valence-corrected chi connectivity index (χ0v) is 20.3. The summed E-state index contributed by atoms with van der Waals surface area (Å²) in [5.41, 5.74) is 4.61. The molecular formula is C29H30N2O2S. The molecule has 1 aliphatic carbocycles. The monoisotopic (exact) mass is 470 g/mol. The highest BCUT2D eigenvalue weighted by Gasteiger charge is 2.41. The first-order valence-electron chi connectivity index (χ1n) is 12.2. The lowest BCUT2D eigenvalue weighted by Gasteiger charge is -2.34. The van der Waals surface area contributed by atoms with Gasteiger partial charge in [0.1, 0.15) is 6.04 Å². The molecule has 5 rings (SSSR count). The number of nitrogens with zero attached hydrogens (tertiary/aromatic N) is 1. The van der Waals surface area contributed by atoms with Crippen LogP contribution in [0.25, 0.3) is 0 Å². The lowest BCUT2D eigenvalue weighted by molar-refractivity contribution is -0.119. The third-order valence-corrected chi connectivity index (χ3v) is 7.76. The van der Waals surface area contributed by atoms with Crippen molar-refractivity contribution in [2.24, 2.45) is 0 Å². The summed E-state index contributed by atoms with van der Waals surface area (Å²) in [7, 11) is 0. The van der Waals surface area contributed by atoms with Gasteiger partial charge in [0, 0.05) is 29.0 Å². The van der Waals surface area contributed by atoms with Crippen molar-refractivity contribution in [1.82, 2.24) is 0 Å². The third kappa shape index (κ3) is 4.32. The average Bonchev–Trinajstić information content (AvgIpc) is 3.34. The van der Waals surface area contributed by atoms with E-state index in [1.807, 2.05) is 58.8 Å². The maximum absolute atomic E-state index is 13.8. The fraction of sp³-hybridized carbons (Fsp3) is 0.310. The van der Waals surface area contributed by atoms with Crippen molar-refractivity contribution in [3.63, 3.8) is 0 Å². The number of nitrogens with one attached hydrogen (secondary N) is 1. The minimum Gasteiger partial charge on any atom is -0.357 e. The molecule has 0 bridgehead atoms. The van der Waals surface area contributed by atoms with Crippen molar-refractivity contribution in [3.8, 4) is 0 Å². The molecule has 2 aromatic carbocycles. The van der Waals surface area contributed by atoms with E-state index in [0.29, 0.717) is 12.8 Å². The van der Waals surface area contributed by atoms with Crippen LogP contribution in [0.15, 0.2) is 83.4 Å². The van der Waals surface area contributed by atoms with Gasteiger partial charge in [-0.3, -0.25) is 14.5 Å². The molecule has 2 atom stereocenters. The number of unbranched alkanes of at least 4 members (excludes halogenated alkanes) is 2. The Morgan fingerprint density at radius 3 is 2.56 bits per heavy atom. The minimum absolute atomic E-state index is 0.0767. The van der Waals surface area contributed by atoms with Crippen molar-refractivity contribution >= 4 is 34.4 Å². The minimum atomic E-state index is -0.399. The van der Waals surface area contributed by atoms with E-state index >= 15 is 0 Å². The Bertz CT molecular complexity index is 1200. The number of amides is 1. The molecule has 0 spiro atoms. The number of rotatable bonds is 6. The first-order valence-corrected chi connectivity index (χ1v) is 13.1. The van der Waals surface area contributed by atoms with E-state index in [1.165, 1.54) is 5.56 Å². The average molecular weight is 471 g/mol. The number of Topliss-reactive ketones (excluding diaryl/α,β-unsaturated/α-hetero) is 1. The van der Waals surface area contributed by atoms with Crippen LogP contribution < -0.4 is 10.2 Å². The van der Waals surface area contributed by atoms with E-state index in [1.54, 1.807) is 11.3 Å². The van der Waals surface area contributed by atoms with Gasteiger partial charge in [-0.15, -0.1) is 11.3 Å². The number of hydrogen-bond acceptors (Lipinski definition) is 4. The fourth-order valence-corrected chi connectivity index (χ4v) is 6.01. The lowest BCUT2D eigenvalue weighted by Crippen LogP contribution is -2.38. The molecule has 0 saturated carbocycles. The van der Waals surface area contributed by atoms with Crippen LogP contribution >= 0.6 is 11.3 Å². The van der Waals surface area contributed by atoms with Gasteiger partial charge < -0.3 is 5.32 Å². The van der Waals surface area contributed by atoms with Gasteiger partial charge in [0.2, 0.25) is 5.91 Å². The molecule has 0 radical (unpaired) electrons. The Morgan fingerprint density at radius 1 is 1.00 bits per heavy atom. The Balaban J connectivity index is 1.63. The van der Waals surface area contributed by atoms with E-state index in [9.17, 15) is 9.59 Å². The maximum atomic E-state index is 13.8. The van der Waals surface area contributed by atoms with Gasteiger partial charge >= 0.3 is 0 Å². The summed E-state index contributed by atoms with van der Waals surface area (Å²) in [5, 5.41) is 5.63. The number of benzene rings is 2. The first kappa shape index (κ1) is 22.6. The van der Waals surface area contributed by atoms with E-state index in [0.717, 1.165) is 53.2 Å². The summed E-state index contributed by atoms with van der Waals surface area (Å²) in [6.45, 7) is 2.14. The van der Waals surface area contributed by atoms with Crippen LogP contribution in [0.2, 0.25) is 0 Å². The topological polar surface area (TPSA) is 49.4 Å². The van der Waals surface area contributed by atoms with Gasteiger partial charge in [0.05, 0.1) is 11.4 Å². The number of thiophene rings is 1. The van der Waals surface area contributed by atoms with E-state index in [2.05, 4.69) is 30.4 Å². The quantitative estimate of drug-likeness (QED) is 0.387. The number of allylic oxidation sites excluding steroid dienone is 1. The molecule has 1 N–H and O–H groups in total. The smallest absolute Gasteiger partial charge is 0.227 e.